The van der Waals surface area contributed by atoms with Crippen LogP contribution in [-0.4, -0.2) is 11.1 Å². The molecule has 0 aromatic heterocycles. The Balaban J connectivity index is 2.12. The second kappa shape index (κ2) is 14.0. The molecule has 0 amide bonds. The molecule has 1 aromatic rings. The number of ether oxygens (including phenoxy) is 1. The Hall–Kier alpha value is -2.10. The molecule has 1 rings (SSSR count). The fraction of sp³-hybridized carbons (Fsp3) is 0.522. The van der Waals surface area contributed by atoms with Gasteiger partial charge in [-0.1, -0.05) is 50.7 Å². The largest absolute Gasteiger partial charge is 0.481 e. The molecule has 150 valence electrons. The van der Waals surface area contributed by atoms with E-state index in [1.807, 2.05) is 12.1 Å². The summed E-state index contributed by atoms with van der Waals surface area (Å²) in [6.07, 6.45) is 13.4. The van der Waals surface area contributed by atoms with Gasteiger partial charge >= 0.3 is 5.97 Å². The SMILES string of the molecule is C/C(F)=C\C=C(/C)Oc1ccc(CCCCCCCCCCC(=O)O)cc1. The van der Waals surface area contributed by atoms with Crippen molar-refractivity contribution in [1.82, 2.24) is 0 Å². The first-order valence-corrected chi connectivity index (χ1v) is 9.96. The second-order valence-electron chi connectivity index (χ2n) is 7.00. The van der Waals surface area contributed by atoms with Gasteiger partial charge in [0.15, 0.2) is 0 Å². The van der Waals surface area contributed by atoms with E-state index in [0.717, 1.165) is 31.4 Å². The predicted molar refractivity (Wildman–Crippen MR) is 109 cm³/mol. The summed E-state index contributed by atoms with van der Waals surface area (Å²) in [7, 11) is 0. The molecule has 0 atom stereocenters. The highest BCUT2D eigenvalue weighted by molar-refractivity contribution is 5.66. The third kappa shape index (κ3) is 12.8. The molecule has 1 N–H and O–H groups in total. The fourth-order valence-electron chi connectivity index (χ4n) is 2.84. The normalized spacial score (nSPS) is 12.3. The Kier molecular flexibility index (Phi) is 11.9. The average Bonchev–Trinajstić information content (AvgIpc) is 2.62. The predicted octanol–water partition coefficient (Wildman–Crippen LogP) is 6.98. The summed E-state index contributed by atoms with van der Waals surface area (Å²) in [6, 6.07) is 8.08. The van der Waals surface area contributed by atoms with Crippen molar-refractivity contribution >= 4 is 5.97 Å². The number of aryl methyl sites for hydroxylation is 1. The van der Waals surface area contributed by atoms with Crippen LogP contribution < -0.4 is 4.74 Å². The van der Waals surface area contributed by atoms with Crippen molar-refractivity contribution in [2.45, 2.75) is 78.1 Å². The molecule has 3 nitrogen and oxygen atoms in total. The van der Waals surface area contributed by atoms with Crippen molar-refractivity contribution < 1.29 is 19.0 Å². The first-order chi connectivity index (χ1) is 13.0. The Morgan fingerprint density at radius 2 is 1.48 bits per heavy atom. The number of hydrogen-bond donors (Lipinski definition) is 1. The van der Waals surface area contributed by atoms with Crippen molar-refractivity contribution in [2.24, 2.45) is 0 Å². The molecule has 0 bridgehead atoms. The molecule has 0 aliphatic carbocycles. The van der Waals surface area contributed by atoms with Gasteiger partial charge < -0.3 is 9.84 Å². The molecular formula is C23H33FO3. The molecule has 0 radical (unpaired) electrons. The molecule has 0 aliphatic rings. The fourth-order valence-corrected chi connectivity index (χ4v) is 2.84. The van der Waals surface area contributed by atoms with Crippen molar-refractivity contribution in [1.29, 1.82) is 0 Å². The molecule has 0 spiro atoms. The lowest BCUT2D eigenvalue weighted by atomic mass is 10.0. The summed E-state index contributed by atoms with van der Waals surface area (Å²) in [5.41, 5.74) is 1.30. The molecular weight excluding hydrogens is 343 g/mol. The standard InChI is InChI=1S/C23H33FO3/c1-19(24)13-14-20(2)27-22-17-15-21(16-18-22)11-9-7-5-3-4-6-8-10-12-23(25)26/h13-18H,3-12H2,1-2H3,(H,25,26)/b19-13+,20-14+. The lowest BCUT2D eigenvalue weighted by molar-refractivity contribution is -0.137. The van der Waals surface area contributed by atoms with Gasteiger partial charge in [-0.15, -0.1) is 0 Å². The number of benzene rings is 1. The summed E-state index contributed by atoms with van der Waals surface area (Å²) in [5, 5.41) is 8.58. The smallest absolute Gasteiger partial charge is 0.303 e. The summed E-state index contributed by atoms with van der Waals surface area (Å²) < 4.78 is 18.3. The summed E-state index contributed by atoms with van der Waals surface area (Å²) in [6.45, 7) is 3.21. The molecule has 1 aromatic carbocycles. The van der Waals surface area contributed by atoms with E-state index in [1.54, 1.807) is 13.0 Å². The number of carboxylic acids is 1. The summed E-state index contributed by atoms with van der Waals surface area (Å²) in [5.74, 6) is 0.486. The maximum atomic E-state index is 12.7. The van der Waals surface area contributed by atoms with Gasteiger partial charge in [0.05, 0.1) is 5.83 Å². The van der Waals surface area contributed by atoms with Crippen molar-refractivity contribution in [3.63, 3.8) is 0 Å². The van der Waals surface area contributed by atoms with Crippen LogP contribution in [0.25, 0.3) is 0 Å². The first-order valence-electron chi connectivity index (χ1n) is 9.96. The third-order valence-electron chi connectivity index (χ3n) is 4.36. The minimum atomic E-state index is -0.690. The van der Waals surface area contributed by atoms with Crippen molar-refractivity contribution in [3.8, 4) is 5.75 Å². The van der Waals surface area contributed by atoms with Gasteiger partial charge in [0, 0.05) is 6.42 Å². The number of carboxylic acid groups (broad SMARTS) is 1. The van der Waals surface area contributed by atoms with E-state index < -0.39 is 5.97 Å². The molecule has 0 saturated heterocycles. The lowest BCUT2D eigenvalue weighted by Crippen LogP contribution is -1.93. The maximum Gasteiger partial charge on any atom is 0.303 e. The van der Waals surface area contributed by atoms with Crippen LogP contribution in [0.4, 0.5) is 4.39 Å². The average molecular weight is 377 g/mol. The topological polar surface area (TPSA) is 46.5 Å². The molecule has 0 heterocycles. The number of halogens is 1. The number of unbranched alkanes of at least 4 members (excludes halogenated alkanes) is 7. The van der Waals surface area contributed by atoms with E-state index in [1.165, 1.54) is 50.7 Å². The van der Waals surface area contributed by atoms with Crippen LogP contribution in [0.5, 0.6) is 5.75 Å². The zero-order valence-electron chi connectivity index (χ0n) is 16.7. The lowest BCUT2D eigenvalue weighted by Gasteiger charge is -2.07. The molecule has 4 heteroatoms. The van der Waals surface area contributed by atoms with Crippen LogP contribution in [0.15, 0.2) is 48.0 Å². The van der Waals surface area contributed by atoms with E-state index in [4.69, 9.17) is 9.84 Å². The van der Waals surface area contributed by atoms with E-state index in [9.17, 15) is 9.18 Å². The summed E-state index contributed by atoms with van der Waals surface area (Å²) >= 11 is 0. The second-order valence-corrected chi connectivity index (χ2v) is 7.00. The van der Waals surface area contributed by atoms with Crippen LogP contribution in [0, 0.1) is 0 Å². The Labute approximate surface area is 162 Å². The maximum absolute atomic E-state index is 12.7. The van der Waals surface area contributed by atoms with Crippen molar-refractivity contribution in [2.75, 3.05) is 0 Å². The monoisotopic (exact) mass is 376 g/mol. The van der Waals surface area contributed by atoms with Crippen LogP contribution in [-0.2, 0) is 11.2 Å². The van der Waals surface area contributed by atoms with E-state index in [2.05, 4.69) is 12.1 Å². The van der Waals surface area contributed by atoms with Crippen LogP contribution in [0.3, 0.4) is 0 Å². The van der Waals surface area contributed by atoms with Crippen LogP contribution in [0.2, 0.25) is 0 Å². The quantitative estimate of drug-likeness (QED) is 0.216. The highest BCUT2D eigenvalue weighted by Gasteiger charge is 1.99. The first kappa shape index (κ1) is 22.9. The van der Waals surface area contributed by atoms with Gasteiger partial charge in [0.1, 0.15) is 11.5 Å². The van der Waals surface area contributed by atoms with Crippen molar-refractivity contribution in [3.05, 3.63) is 53.6 Å². The minimum absolute atomic E-state index is 0.244. The zero-order chi connectivity index (χ0) is 19.9. The Bertz CT molecular complexity index is 599. The van der Waals surface area contributed by atoms with Gasteiger partial charge in [0.2, 0.25) is 0 Å². The molecule has 0 fully saturated rings. The Morgan fingerprint density at radius 3 is 2.04 bits per heavy atom. The number of rotatable bonds is 14. The Morgan fingerprint density at radius 1 is 0.926 bits per heavy atom. The van der Waals surface area contributed by atoms with Gasteiger partial charge in [-0.25, -0.2) is 4.39 Å². The minimum Gasteiger partial charge on any atom is -0.481 e. The van der Waals surface area contributed by atoms with Crippen LogP contribution >= 0.6 is 0 Å². The molecule has 27 heavy (non-hydrogen) atoms. The summed E-state index contributed by atoms with van der Waals surface area (Å²) in [4.78, 5) is 10.4. The van der Waals surface area contributed by atoms with E-state index in [-0.39, 0.29) is 5.83 Å². The number of hydrogen-bond acceptors (Lipinski definition) is 2. The van der Waals surface area contributed by atoms with Gasteiger partial charge in [-0.3, -0.25) is 4.79 Å². The highest BCUT2D eigenvalue weighted by atomic mass is 19.1. The van der Waals surface area contributed by atoms with E-state index in [0.29, 0.717) is 12.2 Å². The molecule has 0 aliphatic heterocycles. The number of allylic oxidation sites excluding steroid dienone is 4. The third-order valence-corrected chi connectivity index (χ3v) is 4.36. The highest BCUT2D eigenvalue weighted by Crippen LogP contribution is 2.17. The van der Waals surface area contributed by atoms with E-state index >= 15 is 0 Å². The zero-order valence-corrected chi connectivity index (χ0v) is 16.7. The van der Waals surface area contributed by atoms with Gasteiger partial charge in [-0.05, 0) is 63.0 Å². The molecule has 0 unspecified atom stereocenters. The molecule has 0 saturated carbocycles. The van der Waals surface area contributed by atoms with Gasteiger partial charge in [0.25, 0.3) is 0 Å². The van der Waals surface area contributed by atoms with Crippen LogP contribution in [0.1, 0.15) is 77.2 Å². The number of carbonyl (C=O) groups is 1. The van der Waals surface area contributed by atoms with Gasteiger partial charge in [-0.2, -0.15) is 0 Å². The number of aliphatic carboxylic acids is 1.